The van der Waals surface area contributed by atoms with Crippen molar-refractivity contribution >= 4 is 28.1 Å². The highest BCUT2D eigenvalue weighted by atomic mass is 32.1. The van der Waals surface area contributed by atoms with Crippen molar-refractivity contribution in [1.82, 2.24) is 4.98 Å². The topological polar surface area (TPSA) is 56.0 Å². The Morgan fingerprint density at radius 1 is 1.11 bits per heavy atom. The molecule has 3 nitrogen and oxygen atoms in total. The molecule has 1 amide bonds. The van der Waals surface area contributed by atoms with Gasteiger partial charge in [0.15, 0.2) is 0 Å². The summed E-state index contributed by atoms with van der Waals surface area (Å²) >= 11 is 1.39. The average Bonchev–Trinajstić information content (AvgIpc) is 2.87. The minimum absolute atomic E-state index is 0.389. The standard InChI is InChI=1S/C14H10N2OS/c15-14(17)12-7-6-11(18-12)10-5-1-3-9-4-2-8-16-13(9)10/h1-8H,(H2,15,17). The maximum atomic E-state index is 11.1. The van der Waals surface area contributed by atoms with Gasteiger partial charge in [-0.1, -0.05) is 24.3 Å². The van der Waals surface area contributed by atoms with Gasteiger partial charge in [-0.05, 0) is 18.2 Å². The Morgan fingerprint density at radius 2 is 1.94 bits per heavy atom. The van der Waals surface area contributed by atoms with Crippen LogP contribution >= 0.6 is 11.3 Å². The molecule has 0 fully saturated rings. The second-order valence-electron chi connectivity index (χ2n) is 3.91. The smallest absolute Gasteiger partial charge is 0.258 e. The van der Waals surface area contributed by atoms with Gasteiger partial charge in [-0.2, -0.15) is 0 Å². The lowest BCUT2D eigenvalue weighted by Gasteiger charge is -2.02. The highest BCUT2D eigenvalue weighted by molar-refractivity contribution is 7.17. The molecule has 0 bridgehead atoms. The van der Waals surface area contributed by atoms with Crippen molar-refractivity contribution in [3.8, 4) is 10.4 Å². The largest absolute Gasteiger partial charge is 0.365 e. The minimum atomic E-state index is -0.389. The molecule has 2 N–H and O–H groups in total. The van der Waals surface area contributed by atoms with E-state index < -0.39 is 0 Å². The molecule has 2 aromatic heterocycles. The van der Waals surface area contributed by atoms with E-state index in [9.17, 15) is 4.79 Å². The number of primary amides is 1. The highest BCUT2D eigenvalue weighted by Crippen LogP contribution is 2.32. The van der Waals surface area contributed by atoms with Gasteiger partial charge in [-0.25, -0.2) is 0 Å². The summed E-state index contributed by atoms with van der Waals surface area (Å²) < 4.78 is 0. The van der Waals surface area contributed by atoms with Crippen molar-refractivity contribution in [3.05, 3.63) is 53.5 Å². The van der Waals surface area contributed by atoms with Gasteiger partial charge in [0.25, 0.3) is 5.91 Å². The van der Waals surface area contributed by atoms with E-state index >= 15 is 0 Å². The number of aromatic nitrogens is 1. The third kappa shape index (κ3) is 1.76. The van der Waals surface area contributed by atoms with Crippen molar-refractivity contribution in [2.45, 2.75) is 0 Å². The number of benzene rings is 1. The lowest BCUT2D eigenvalue weighted by Crippen LogP contribution is -2.07. The molecule has 0 unspecified atom stereocenters. The van der Waals surface area contributed by atoms with Crippen LogP contribution in [0.3, 0.4) is 0 Å². The van der Waals surface area contributed by atoms with Gasteiger partial charge in [-0.15, -0.1) is 11.3 Å². The first kappa shape index (κ1) is 10.9. The van der Waals surface area contributed by atoms with Gasteiger partial charge in [-0.3, -0.25) is 9.78 Å². The molecule has 0 saturated carbocycles. The van der Waals surface area contributed by atoms with E-state index in [1.165, 1.54) is 11.3 Å². The molecule has 0 aliphatic heterocycles. The molecule has 2 heterocycles. The van der Waals surface area contributed by atoms with Crippen LogP contribution in [0.15, 0.2) is 48.7 Å². The van der Waals surface area contributed by atoms with E-state index in [0.29, 0.717) is 4.88 Å². The van der Waals surface area contributed by atoms with Crippen molar-refractivity contribution in [2.24, 2.45) is 5.73 Å². The third-order valence-electron chi connectivity index (χ3n) is 2.75. The Bertz CT molecular complexity index is 728. The summed E-state index contributed by atoms with van der Waals surface area (Å²) in [5.74, 6) is -0.389. The van der Waals surface area contributed by atoms with E-state index in [1.54, 1.807) is 12.3 Å². The summed E-state index contributed by atoms with van der Waals surface area (Å²) in [6.45, 7) is 0. The van der Waals surface area contributed by atoms with Crippen molar-refractivity contribution in [3.63, 3.8) is 0 Å². The number of hydrogen-bond donors (Lipinski definition) is 1. The number of para-hydroxylation sites is 1. The first-order valence-corrected chi connectivity index (χ1v) is 6.31. The maximum Gasteiger partial charge on any atom is 0.258 e. The van der Waals surface area contributed by atoms with Crippen LogP contribution < -0.4 is 5.73 Å². The van der Waals surface area contributed by atoms with Crippen LogP contribution in [0, 0.1) is 0 Å². The molecule has 1 aromatic carbocycles. The second-order valence-corrected chi connectivity index (χ2v) is 4.99. The number of pyridine rings is 1. The summed E-state index contributed by atoms with van der Waals surface area (Å²) in [6, 6.07) is 13.6. The van der Waals surface area contributed by atoms with Gasteiger partial charge in [0.1, 0.15) is 0 Å². The van der Waals surface area contributed by atoms with Crippen molar-refractivity contribution in [2.75, 3.05) is 0 Å². The van der Waals surface area contributed by atoms with Crippen molar-refractivity contribution < 1.29 is 4.79 Å². The quantitative estimate of drug-likeness (QED) is 0.764. The van der Waals surface area contributed by atoms with Crippen LogP contribution in [0.25, 0.3) is 21.3 Å². The molecule has 0 aliphatic carbocycles. The Balaban J connectivity index is 2.21. The Hall–Kier alpha value is -2.20. The fourth-order valence-electron chi connectivity index (χ4n) is 1.92. The highest BCUT2D eigenvalue weighted by Gasteiger charge is 2.09. The van der Waals surface area contributed by atoms with E-state index in [-0.39, 0.29) is 5.91 Å². The van der Waals surface area contributed by atoms with Gasteiger partial charge < -0.3 is 5.73 Å². The summed E-state index contributed by atoms with van der Waals surface area (Å²) in [5, 5.41) is 1.09. The molecule has 0 saturated heterocycles. The summed E-state index contributed by atoms with van der Waals surface area (Å²) in [6.07, 6.45) is 1.77. The molecular formula is C14H10N2OS. The van der Waals surface area contributed by atoms with E-state index in [1.807, 2.05) is 36.4 Å². The molecule has 18 heavy (non-hydrogen) atoms. The number of fused-ring (bicyclic) bond motifs is 1. The van der Waals surface area contributed by atoms with Crippen LogP contribution in [0.2, 0.25) is 0 Å². The number of nitrogens with two attached hydrogens (primary N) is 1. The fourth-order valence-corrected chi connectivity index (χ4v) is 2.80. The summed E-state index contributed by atoms with van der Waals surface area (Å²) in [7, 11) is 0. The summed E-state index contributed by atoms with van der Waals surface area (Å²) in [5.41, 5.74) is 7.25. The number of amides is 1. The third-order valence-corrected chi connectivity index (χ3v) is 3.88. The fraction of sp³-hybridized carbons (Fsp3) is 0. The zero-order valence-corrected chi connectivity index (χ0v) is 10.3. The number of rotatable bonds is 2. The van der Waals surface area contributed by atoms with Crippen LogP contribution in [-0.4, -0.2) is 10.9 Å². The molecule has 88 valence electrons. The molecule has 0 radical (unpaired) electrons. The minimum Gasteiger partial charge on any atom is -0.365 e. The number of hydrogen-bond acceptors (Lipinski definition) is 3. The van der Waals surface area contributed by atoms with E-state index in [0.717, 1.165) is 21.3 Å². The van der Waals surface area contributed by atoms with Crippen LogP contribution in [0.5, 0.6) is 0 Å². The first-order chi connectivity index (χ1) is 8.75. The number of thiophene rings is 1. The van der Waals surface area contributed by atoms with Gasteiger partial charge in [0.05, 0.1) is 10.4 Å². The predicted octanol–water partition coefficient (Wildman–Crippen LogP) is 3.06. The Morgan fingerprint density at radius 3 is 2.72 bits per heavy atom. The monoisotopic (exact) mass is 254 g/mol. The number of nitrogens with zero attached hydrogens (tertiary/aromatic N) is 1. The SMILES string of the molecule is NC(=O)c1ccc(-c2cccc3cccnc23)s1. The molecular weight excluding hydrogens is 244 g/mol. The van der Waals surface area contributed by atoms with Gasteiger partial charge >= 0.3 is 0 Å². The zero-order chi connectivity index (χ0) is 12.5. The van der Waals surface area contributed by atoms with Crippen LogP contribution in [-0.2, 0) is 0 Å². The lowest BCUT2D eigenvalue weighted by molar-refractivity contribution is 0.100. The number of carbonyl (C=O) groups excluding carboxylic acids is 1. The number of carbonyl (C=O) groups is 1. The normalized spacial score (nSPS) is 10.7. The molecule has 3 rings (SSSR count). The van der Waals surface area contributed by atoms with Crippen molar-refractivity contribution in [1.29, 1.82) is 0 Å². The second kappa shape index (κ2) is 4.23. The molecule has 0 atom stereocenters. The Labute approximate surface area is 108 Å². The maximum absolute atomic E-state index is 11.1. The van der Waals surface area contributed by atoms with Crippen LogP contribution in [0.1, 0.15) is 9.67 Å². The lowest BCUT2D eigenvalue weighted by atomic mass is 10.1. The van der Waals surface area contributed by atoms with Crippen LogP contribution in [0.4, 0.5) is 0 Å². The molecule has 0 aliphatic rings. The van der Waals surface area contributed by atoms with E-state index in [4.69, 9.17) is 5.73 Å². The van der Waals surface area contributed by atoms with Gasteiger partial charge in [0, 0.05) is 22.0 Å². The molecule has 3 aromatic rings. The predicted molar refractivity (Wildman–Crippen MR) is 73.6 cm³/mol. The first-order valence-electron chi connectivity index (χ1n) is 5.49. The summed E-state index contributed by atoms with van der Waals surface area (Å²) in [4.78, 5) is 17.1. The zero-order valence-electron chi connectivity index (χ0n) is 9.46. The van der Waals surface area contributed by atoms with E-state index in [2.05, 4.69) is 4.98 Å². The average molecular weight is 254 g/mol. The molecule has 4 heteroatoms. The van der Waals surface area contributed by atoms with Gasteiger partial charge in [0.2, 0.25) is 0 Å². The molecule has 0 spiro atoms. The Kier molecular flexibility index (Phi) is 2.57.